The lowest BCUT2D eigenvalue weighted by Crippen LogP contribution is -2.20. The molecule has 9 nitrogen and oxygen atoms in total. The van der Waals surface area contributed by atoms with Gasteiger partial charge in [0.25, 0.3) is 5.69 Å². The number of non-ortho nitro benzene ring substituents is 1. The first-order chi connectivity index (χ1) is 16.4. The van der Waals surface area contributed by atoms with Crippen molar-refractivity contribution < 1.29 is 35.5 Å². The second-order valence-electron chi connectivity index (χ2n) is 7.03. The smallest absolute Gasteiger partial charge is 0.379 e. The average molecular weight is 507 g/mol. The molecule has 0 saturated heterocycles. The van der Waals surface area contributed by atoms with Gasteiger partial charge in [-0.15, -0.1) is 0 Å². The third kappa shape index (κ3) is 7.11. The van der Waals surface area contributed by atoms with Crippen LogP contribution in [0.4, 0.5) is 18.9 Å². The summed E-state index contributed by atoms with van der Waals surface area (Å²) in [6.45, 7) is 0. The number of benzene rings is 3. The van der Waals surface area contributed by atoms with E-state index in [0.717, 1.165) is 36.4 Å². The molecule has 0 atom stereocenters. The number of halogens is 3. The lowest BCUT2D eigenvalue weighted by Gasteiger charge is -2.08. The second kappa shape index (κ2) is 10.3. The molecular weight excluding hydrogens is 491 g/mol. The molecule has 0 saturated carbocycles. The summed E-state index contributed by atoms with van der Waals surface area (Å²) in [4.78, 5) is 21.7. The summed E-state index contributed by atoms with van der Waals surface area (Å²) < 4.78 is 67.9. The van der Waals surface area contributed by atoms with Gasteiger partial charge in [0.15, 0.2) is 0 Å². The van der Waals surface area contributed by atoms with Crippen LogP contribution in [0.5, 0.6) is 5.75 Å². The van der Waals surface area contributed by atoms with Gasteiger partial charge in [0.05, 0.1) is 23.1 Å². The molecule has 182 valence electrons. The second-order valence-corrected chi connectivity index (χ2v) is 8.57. The highest BCUT2D eigenvalue weighted by Gasteiger charge is 2.30. The Morgan fingerprint density at radius 3 is 2.31 bits per heavy atom. The van der Waals surface area contributed by atoms with Crippen LogP contribution in [-0.4, -0.2) is 25.5 Å². The van der Waals surface area contributed by atoms with Crippen molar-refractivity contribution in [3.63, 3.8) is 0 Å². The average Bonchev–Trinajstić information content (AvgIpc) is 2.80. The molecule has 1 amide bonds. The maximum Gasteiger partial charge on any atom is 0.416 e. The van der Waals surface area contributed by atoms with E-state index in [1.807, 2.05) is 0 Å². The molecular formula is C22H16F3N3O6S. The first kappa shape index (κ1) is 25.4. The van der Waals surface area contributed by atoms with E-state index >= 15 is 0 Å². The van der Waals surface area contributed by atoms with E-state index in [9.17, 15) is 36.5 Å². The Kier molecular flexibility index (Phi) is 7.49. The van der Waals surface area contributed by atoms with Crippen LogP contribution >= 0.6 is 0 Å². The van der Waals surface area contributed by atoms with Gasteiger partial charge in [0, 0.05) is 12.1 Å². The summed E-state index contributed by atoms with van der Waals surface area (Å²) in [7, 11) is -4.22. The van der Waals surface area contributed by atoms with Crippen molar-refractivity contribution in [3.8, 4) is 5.75 Å². The number of carbonyl (C=O) groups is 1. The molecule has 0 unspecified atom stereocenters. The number of rotatable bonds is 8. The summed E-state index contributed by atoms with van der Waals surface area (Å²) in [5, 5.41) is 14.4. The Bertz CT molecular complexity index is 1360. The quantitative estimate of drug-likeness (QED) is 0.212. The maximum atomic E-state index is 12.8. The molecule has 3 aromatic rings. The molecule has 3 rings (SSSR count). The SMILES string of the molecule is O=C(Cc1cccc(C(F)(F)F)c1)N/N=C\c1ccc(OS(=O)(=O)c2ccc([N+](=O)[O-])cc2)cc1. The predicted molar refractivity (Wildman–Crippen MR) is 118 cm³/mol. The number of nitrogens with zero attached hydrogens (tertiary/aromatic N) is 2. The number of nitrogens with one attached hydrogen (secondary N) is 1. The Balaban J connectivity index is 1.56. The molecule has 0 aliphatic carbocycles. The van der Waals surface area contributed by atoms with Gasteiger partial charge in [-0.1, -0.05) is 18.2 Å². The fourth-order valence-corrected chi connectivity index (χ4v) is 3.71. The van der Waals surface area contributed by atoms with E-state index in [2.05, 4.69) is 10.5 Å². The van der Waals surface area contributed by atoms with Gasteiger partial charge in [-0.2, -0.15) is 26.7 Å². The van der Waals surface area contributed by atoms with Crippen molar-refractivity contribution in [3.05, 3.63) is 99.6 Å². The number of hydrogen-bond acceptors (Lipinski definition) is 7. The van der Waals surface area contributed by atoms with Gasteiger partial charge >= 0.3 is 16.3 Å². The highest BCUT2D eigenvalue weighted by atomic mass is 32.2. The van der Waals surface area contributed by atoms with Crippen molar-refractivity contribution >= 4 is 27.9 Å². The number of alkyl halides is 3. The summed E-state index contributed by atoms with van der Waals surface area (Å²) in [6.07, 6.45) is -3.57. The van der Waals surface area contributed by atoms with Crippen molar-refractivity contribution in [1.82, 2.24) is 5.43 Å². The molecule has 0 radical (unpaired) electrons. The fraction of sp³-hybridized carbons (Fsp3) is 0.0909. The summed E-state index contributed by atoms with van der Waals surface area (Å²) in [6, 6.07) is 14.1. The molecule has 3 aromatic carbocycles. The minimum absolute atomic E-state index is 0.0333. The largest absolute Gasteiger partial charge is 0.416 e. The zero-order valence-corrected chi connectivity index (χ0v) is 18.4. The molecule has 0 bridgehead atoms. The summed E-state index contributed by atoms with van der Waals surface area (Å²) in [5.74, 6) is -0.663. The predicted octanol–water partition coefficient (Wildman–Crippen LogP) is 4.07. The van der Waals surface area contributed by atoms with Crippen molar-refractivity contribution in [1.29, 1.82) is 0 Å². The van der Waals surface area contributed by atoms with Crippen molar-refractivity contribution in [2.24, 2.45) is 5.10 Å². The van der Waals surface area contributed by atoms with Crippen molar-refractivity contribution in [2.45, 2.75) is 17.5 Å². The van der Waals surface area contributed by atoms with E-state index in [1.54, 1.807) is 0 Å². The van der Waals surface area contributed by atoms with Gasteiger partial charge in [-0.25, -0.2) is 5.43 Å². The van der Waals surface area contributed by atoms with Crippen LogP contribution in [0.2, 0.25) is 0 Å². The number of hydrazone groups is 1. The molecule has 0 aliphatic rings. The lowest BCUT2D eigenvalue weighted by molar-refractivity contribution is -0.384. The number of amides is 1. The Hall–Kier alpha value is -4.26. The fourth-order valence-electron chi connectivity index (χ4n) is 2.78. The van der Waals surface area contributed by atoms with Gasteiger partial charge in [-0.05, 0) is 53.6 Å². The van der Waals surface area contributed by atoms with E-state index in [1.165, 1.54) is 42.6 Å². The number of carbonyl (C=O) groups excluding carboxylic acids is 1. The number of nitro groups is 1. The van der Waals surface area contributed by atoms with Crippen LogP contribution < -0.4 is 9.61 Å². The Morgan fingerprint density at radius 1 is 1.06 bits per heavy atom. The first-order valence-corrected chi connectivity index (χ1v) is 11.1. The zero-order valence-electron chi connectivity index (χ0n) is 17.6. The molecule has 0 spiro atoms. The zero-order chi connectivity index (χ0) is 25.6. The van der Waals surface area contributed by atoms with E-state index in [-0.39, 0.29) is 28.3 Å². The van der Waals surface area contributed by atoms with Crippen LogP contribution in [0.3, 0.4) is 0 Å². The van der Waals surface area contributed by atoms with Crippen LogP contribution in [0, 0.1) is 10.1 Å². The molecule has 35 heavy (non-hydrogen) atoms. The highest BCUT2D eigenvalue weighted by molar-refractivity contribution is 7.87. The Morgan fingerprint density at radius 2 is 1.71 bits per heavy atom. The molecule has 0 aromatic heterocycles. The van der Waals surface area contributed by atoms with Crippen molar-refractivity contribution in [2.75, 3.05) is 0 Å². The standard InChI is InChI=1S/C22H16F3N3O6S/c23-22(24,25)17-3-1-2-16(12-17)13-21(29)27-26-14-15-4-8-19(9-5-15)34-35(32,33)20-10-6-18(7-11-20)28(30)31/h1-12,14H,13H2,(H,27,29)/b26-14-. The summed E-state index contributed by atoms with van der Waals surface area (Å²) >= 11 is 0. The van der Waals surface area contributed by atoms with E-state index in [4.69, 9.17) is 4.18 Å². The van der Waals surface area contributed by atoms with E-state index in [0.29, 0.717) is 5.56 Å². The normalized spacial score (nSPS) is 11.9. The van der Waals surface area contributed by atoms with Crippen LogP contribution in [0.25, 0.3) is 0 Å². The first-order valence-electron chi connectivity index (χ1n) is 9.71. The van der Waals surface area contributed by atoms with Crippen LogP contribution in [-0.2, 0) is 27.5 Å². The molecule has 0 heterocycles. The number of hydrogen-bond donors (Lipinski definition) is 1. The lowest BCUT2D eigenvalue weighted by atomic mass is 10.1. The topological polar surface area (TPSA) is 128 Å². The third-order valence-electron chi connectivity index (χ3n) is 4.44. The molecule has 0 aliphatic heterocycles. The molecule has 13 heteroatoms. The number of nitro benzene ring substituents is 1. The van der Waals surface area contributed by atoms with E-state index < -0.39 is 32.7 Å². The Labute approximate surface area is 197 Å². The highest BCUT2D eigenvalue weighted by Crippen LogP contribution is 2.29. The van der Waals surface area contributed by atoms with Crippen LogP contribution in [0.15, 0.2) is 82.8 Å². The maximum absolute atomic E-state index is 12.8. The van der Waals surface area contributed by atoms with Gasteiger partial charge < -0.3 is 4.18 Å². The van der Waals surface area contributed by atoms with Crippen LogP contribution in [0.1, 0.15) is 16.7 Å². The third-order valence-corrected chi connectivity index (χ3v) is 5.71. The van der Waals surface area contributed by atoms with Gasteiger partial charge in [0.2, 0.25) is 5.91 Å². The minimum Gasteiger partial charge on any atom is -0.379 e. The minimum atomic E-state index is -4.51. The molecule has 0 fully saturated rings. The monoisotopic (exact) mass is 507 g/mol. The van der Waals surface area contributed by atoms with Gasteiger partial charge in [-0.3, -0.25) is 14.9 Å². The summed E-state index contributed by atoms with van der Waals surface area (Å²) in [5.41, 5.74) is 1.70. The molecule has 1 N–H and O–H groups in total. The van der Waals surface area contributed by atoms with Gasteiger partial charge in [0.1, 0.15) is 10.6 Å².